The molecule has 2 nitrogen and oxygen atoms in total. The van der Waals surface area contributed by atoms with Gasteiger partial charge in [-0.3, -0.25) is 0 Å². The van der Waals surface area contributed by atoms with Crippen LogP contribution in [0.1, 0.15) is 113 Å². The molecule has 3 fully saturated rings. The van der Waals surface area contributed by atoms with E-state index < -0.39 is 0 Å². The Hall–Kier alpha value is -0.860. The van der Waals surface area contributed by atoms with E-state index in [1.165, 1.54) is 29.6 Å². The Morgan fingerprint density at radius 2 is 1.62 bits per heavy atom. The first-order chi connectivity index (χ1) is 14.9. The molecule has 5 unspecified atom stereocenters. The molecule has 2 saturated carbocycles. The summed E-state index contributed by atoms with van der Waals surface area (Å²) >= 11 is 0. The Kier molecular flexibility index (Phi) is 7.88. The summed E-state index contributed by atoms with van der Waals surface area (Å²) in [4.78, 5) is 0. The average Bonchev–Trinajstić information content (AvgIpc) is 3.32. The molecule has 0 amide bonds. The van der Waals surface area contributed by atoms with Crippen LogP contribution in [0.4, 0.5) is 0 Å². The zero-order chi connectivity index (χ0) is 23.7. The number of ether oxygens (including phenoxy) is 1. The van der Waals surface area contributed by atoms with E-state index in [2.05, 4.69) is 67.2 Å². The molecule has 0 bridgehead atoms. The number of hydrogen-bond donors (Lipinski definition) is 1. The van der Waals surface area contributed by atoms with Gasteiger partial charge in [0.15, 0.2) is 0 Å². The zero-order valence-corrected chi connectivity index (χ0v) is 22.1. The maximum atomic E-state index is 10.7. The molecule has 2 heteroatoms. The number of epoxide rings is 1. The van der Waals surface area contributed by atoms with E-state index in [9.17, 15) is 5.11 Å². The quantitative estimate of drug-likeness (QED) is 0.288. The van der Waals surface area contributed by atoms with Crippen molar-refractivity contribution in [2.75, 3.05) is 0 Å². The Bertz CT molecular complexity index is 740. The van der Waals surface area contributed by atoms with Crippen LogP contribution in [-0.4, -0.2) is 22.9 Å². The van der Waals surface area contributed by atoms with Crippen molar-refractivity contribution in [3.63, 3.8) is 0 Å². The summed E-state index contributed by atoms with van der Waals surface area (Å²) in [5.41, 5.74) is 4.91. The van der Waals surface area contributed by atoms with Gasteiger partial charge in [-0.1, -0.05) is 56.2 Å². The van der Waals surface area contributed by atoms with Crippen molar-refractivity contribution in [2.45, 2.75) is 130 Å². The van der Waals surface area contributed by atoms with Gasteiger partial charge in [0, 0.05) is 0 Å². The highest BCUT2D eigenvalue weighted by Gasteiger charge is 2.55. The van der Waals surface area contributed by atoms with E-state index in [1.807, 2.05) is 0 Å². The molecular weight excluding hydrogens is 392 g/mol. The lowest BCUT2D eigenvalue weighted by Gasteiger charge is -2.59. The molecule has 1 N–H and O–H groups in total. The van der Waals surface area contributed by atoms with Crippen molar-refractivity contribution < 1.29 is 9.84 Å². The number of aliphatic hydroxyl groups excluding tert-OH is 1. The molecule has 0 radical (unpaired) electrons. The topological polar surface area (TPSA) is 32.8 Å². The summed E-state index contributed by atoms with van der Waals surface area (Å²) in [5, 5.41) is 10.7. The molecule has 182 valence electrons. The molecule has 0 aromatic carbocycles. The highest BCUT2D eigenvalue weighted by molar-refractivity contribution is 5.17. The summed E-state index contributed by atoms with van der Waals surface area (Å²) in [6.45, 7) is 20.5. The summed E-state index contributed by atoms with van der Waals surface area (Å²) in [6, 6.07) is 0. The highest BCUT2D eigenvalue weighted by atomic mass is 16.6. The molecular formula is C30H50O2. The Labute approximate surface area is 198 Å². The molecule has 5 atom stereocenters. The van der Waals surface area contributed by atoms with Crippen molar-refractivity contribution in [1.82, 2.24) is 0 Å². The predicted molar refractivity (Wildman–Crippen MR) is 137 cm³/mol. The Balaban J connectivity index is 1.47. The van der Waals surface area contributed by atoms with E-state index in [1.54, 1.807) is 0 Å². The number of allylic oxidation sites excluding steroid dienone is 5. The monoisotopic (exact) mass is 442 g/mol. The Morgan fingerprint density at radius 1 is 1.00 bits per heavy atom. The first-order valence-electron chi connectivity index (χ1n) is 13.2. The maximum absolute atomic E-state index is 10.7. The third kappa shape index (κ3) is 5.61. The smallest absolute Gasteiger partial charge is 0.0892 e. The minimum Gasteiger partial charge on any atom is -0.393 e. The summed E-state index contributed by atoms with van der Waals surface area (Å²) in [7, 11) is 0. The first-order valence-corrected chi connectivity index (χ1v) is 13.2. The van der Waals surface area contributed by atoms with Crippen LogP contribution in [0, 0.1) is 22.7 Å². The molecule has 3 aliphatic rings. The molecule has 3 rings (SSSR count). The molecule has 0 aromatic heterocycles. The third-order valence-corrected chi connectivity index (χ3v) is 9.50. The molecule has 0 spiro atoms. The van der Waals surface area contributed by atoms with Crippen LogP contribution in [0.3, 0.4) is 0 Å². The van der Waals surface area contributed by atoms with Crippen LogP contribution in [0.2, 0.25) is 0 Å². The largest absolute Gasteiger partial charge is 0.393 e. The standard InChI is InChI=1S/C30H50O2/c1-21(11-9-12-22(2)15-18-27-29(6,7)32-27)13-10-14-24-23(3)16-17-25-28(4,5)26(31)19-20-30(24,25)8/h12-13,24-27,31H,3,9-11,14-20H2,1-2,4-8H3. The highest BCUT2D eigenvalue weighted by Crippen LogP contribution is 2.61. The second-order valence-corrected chi connectivity index (χ2v) is 12.6. The summed E-state index contributed by atoms with van der Waals surface area (Å²) in [6.07, 6.45) is 16.6. The van der Waals surface area contributed by atoms with Crippen LogP contribution in [0.15, 0.2) is 35.5 Å². The molecule has 32 heavy (non-hydrogen) atoms. The molecule has 1 heterocycles. The number of fused-ring (bicyclic) bond motifs is 1. The predicted octanol–water partition coefficient (Wildman–Crippen LogP) is 8.17. The van der Waals surface area contributed by atoms with Gasteiger partial charge >= 0.3 is 0 Å². The van der Waals surface area contributed by atoms with Crippen LogP contribution in [0.25, 0.3) is 0 Å². The molecule has 1 saturated heterocycles. The summed E-state index contributed by atoms with van der Waals surface area (Å²) < 4.78 is 5.70. The number of aliphatic hydroxyl groups is 1. The SMILES string of the molecule is C=C1CCC2C(C)(C)C(O)CCC2(C)C1CCC=C(C)CCC=C(C)CCC1OC1(C)C. The lowest BCUT2D eigenvalue weighted by molar-refractivity contribution is -0.124. The van der Waals surface area contributed by atoms with E-state index in [0.717, 1.165) is 51.4 Å². The van der Waals surface area contributed by atoms with E-state index in [4.69, 9.17) is 4.74 Å². The molecule has 2 aliphatic carbocycles. The first kappa shape index (κ1) is 25.8. The van der Waals surface area contributed by atoms with Gasteiger partial charge in [-0.15, -0.1) is 0 Å². The van der Waals surface area contributed by atoms with Crippen molar-refractivity contribution >= 4 is 0 Å². The van der Waals surface area contributed by atoms with Gasteiger partial charge in [0.25, 0.3) is 0 Å². The van der Waals surface area contributed by atoms with Gasteiger partial charge in [0.2, 0.25) is 0 Å². The van der Waals surface area contributed by atoms with Crippen molar-refractivity contribution in [2.24, 2.45) is 22.7 Å². The lowest BCUT2D eigenvalue weighted by Crippen LogP contribution is -2.54. The van der Waals surface area contributed by atoms with Crippen molar-refractivity contribution in [3.8, 4) is 0 Å². The van der Waals surface area contributed by atoms with Gasteiger partial charge in [-0.05, 0) is 115 Å². The van der Waals surface area contributed by atoms with Gasteiger partial charge < -0.3 is 9.84 Å². The van der Waals surface area contributed by atoms with Crippen LogP contribution in [-0.2, 0) is 4.74 Å². The van der Waals surface area contributed by atoms with Gasteiger partial charge in [-0.2, -0.15) is 0 Å². The minimum atomic E-state index is -0.158. The van der Waals surface area contributed by atoms with Crippen molar-refractivity contribution in [3.05, 3.63) is 35.5 Å². The minimum absolute atomic E-state index is 0.0171. The summed E-state index contributed by atoms with van der Waals surface area (Å²) in [5.74, 6) is 1.19. The third-order valence-electron chi connectivity index (χ3n) is 9.50. The number of hydrogen-bond acceptors (Lipinski definition) is 2. The second kappa shape index (κ2) is 9.79. The second-order valence-electron chi connectivity index (χ2n) is 12.6. The van der Waals surface area contributed by atoms with Crippen molar-refractivity contribution in [1.29, 1.82) is 0 Å². The zero-order valence-electron chi connectivity index (χ0n) is 22.1. The number of rotatable bonds is 9. The van der Waals surface area contributed by atoms with E-state index in [-0.39, 0.29) is 17.1 Å². The van der Waals surface area contributed by atoms with Gasteiger partial charge in [-0.25, -0.2) is 0 Å². The van der Waals surface area contributed by atoms with E-state index in [0.29, 0.717) is 23.4 Å². The van der Waals surface area contributed by atoms with Crippen LogP contribution in [0.5, 0.6) is 0 Å². The fourth-order valence-corrected chi connectivity index (χ4v) is 7.04. The average molecular weight is 443 g/mol. The van der Waals surface area contributed by atoms with E-state index >= 15 is 0 Å². The molecule has 0 aromatic rings. The van der Waals surface area contributed by atoms with Crippen LogP contribution >= 0.6 is 0 Å². The van der Waals surface area contributed by atoms with Gasteiger partial charge in [0.05, 0.1) is 17.8 Å². The Morgan fingerprint density at radius 3 is 2.28 bits per heavy atom. The fraction of sp³-hybridized carbons (Fsp3) is 0.800. The molecule has 1 aliphatic heterocycles. The fourth-order valence-electron chi connectivity index (χ4n) is 7.04. The van der Waals surface area contributed by atoms with Gasteiger partial charge in [0.1, 0.15) is 0 Å². The van der Waals surface area contributed by atoms with Crippen LogP contribution < -0.4 is 0 Å². The lowest BCUT2D eigenvalue weighted by atomic mass is 9.46. The normalized spacial score (nSPS) is 36.7. The maximum Gasteiger partial charge on any atom is 0.0892 e.